The Bertz CT molecular complexity index is 1170. The Labute approximate surface area is 146 Å². The normalized spacial score (nSPS) is 11.6. The molecule has 0 spiro atoms. The van der Waals surface area contributed by atoms with Crippen molar-refractivity contribution in [1.82, 2.24) is 20.2 Å². The summed E-state index contributed by atoms with van der Waals surface area (Å²) in [6.45, 7) is 1.99. The highest BCUT2D eigenvalue weighted by atomic mass is 16.3. The SMILES string of the molecule is Cc1cccc2c1[nH]c1nc(N/N=C\c3ccc(O)c(O)c3O)nnc12. The zero-order chi connectivity index (χ0) is 18.3. The fourth-order valence-electron chi connectivity index (χ4n) is 2.64. The average Bonchev–Trinajstić information content (AvgIpc) is 3.01. The van der Waals surface area contributed by atoms with Gasteiger partial charge in [-0.1, -0.05) is 18.2 Å². The van der Waals surface area contributed by atoms with Crippen molar-refractivity contribution in [1.29, 1.82) is 0 Å². The molecule has 0 fully saturated rings. The number of fused-ring (bicyclic) bond motifs is 3. The van der Waals surface area contributed by atoms with E-state index in [-0.39, 0.29) is 11.5 Å². The molecule has 0 saturated heterocycles. The number of rotatable bonds is 3. The van der Waals surface area contributed by atoms with Crippen LogP contribution in [0.3, 0.4) is 0 Å². The van der Waals surface area contributed by atoms with Gasteiger partial charge in [0, 0.05) is 10.9 Å². The van der Waals surface area contributed by atoms with Crippen LogP contribution in [0.25, 0.3) is 22.1 Å². The molecule has 0 bridgehead atoms. The van der Waals surface area contributed by atoms with E-state index in [1.54, 1.807) is 0 Å². The highest BCUT2D eigenvalue weighted by Crippen LogP contribution is 2.36. The number of anilines is 1. The molecule has 0 aliphatic rings. The number of nitrogens with zero attached hydrogens (tertiary/aromatic N) is 4. The molecular weight excluding hydrogens is 336 g/mol. The van der Waals surface area contributed by atoms with Crippen LogP contribution < -0.4 is 5.43 Å². The van der Waals surface area contributed by atoms with Gasteiger partial charge >= 0.3 is 0 Å². The summed E-state index contributed by atoms with van der Waals surface area (Å²) in [6.07, 6.45) is 1.26. The van der Waals surface area contributed by atoms with Crippen molar-refractivity contribution in [3.63, 3.8) is 0 Å². The summed E-state index contributed by atoms with van der Waals surface area (Å²) in [5, 5.41) is 41.6. The second-order valence-corrected chi connectivity index (χ2v) is 5.70. The minimum absolute atomic E-state index is 0.167. The Hall–Kier alpha value is -3.88. The van der Waals surface area contributed by atoms with Crippen LogP contribution in [0.4, 0.5) is 5.95 Å². The van der Waals surface area contributed by atoms with E-state index in [9.17, 15) is 15.3 Å². The number of aryl methyl sites for hydroxylation is 1. The van der Waals surface area contributed by atoms with Gasteiger partial charge < -0.3 is 20.3 Å². The van der Waals surface area contributed by atoms with E-state index in [2.05, 4.69) is 30.7 Å². The maximum absolute atomic E-state index is 9.75. The van der Waals surface area contributed by atoms with E-state index >= 15 is 0 Å². The van der Waals surface area contributed by atoms with E-state index in [0.717, 1.165) is 16.5 Å². The molecular formula is C17H14N6O3. The van der Waals surface area contributed by atoms with Crippen molar-refractivity contribution in [3.8, 4) is 17.2 Å². The highest BCUT2D eigenvalue weighted by Gasteiger charge is 2.11. The summed E-state index contributed by atoms with van der Waals surface area (Å²) in [5.74, 6) is -1.34. The zero-order valence-electron chi connectivity index (χ0n) is 13.6. The smallest absolute Gasteiger partial charge is 0.265 e. The van der Waals surface area contributed by atoms with Crippen LogP contribution in [-0.4, -0.2) is 41.7 Å². The fourth-order valence-corrected chi connectivity index (χ4v) is 2.64. The highest BCUT2D eigenvalue weighted by molar-refractivity contribution is 6.04. The first kappa shape index (κ1) is 15.6. The number of aromatic hydroxyl groups is 3. The lowest BCUT2D eigenvalue weighted by atomic mass is 10.1. The summed E-state index contributed by atoms with van der Waals surface area (Å²) in [6, 6.07) is 8.53. The molecule has 9 heteroatoms. The Morgan fingerprint density at radius 2 is 1.92 bits per heavy atom. The molecule has 0 radical (unpaired) electrons. The zero-order valence-corrected chi connectivity index (χ0v) is 13.6. The Morgan fingerprint density at radius 3 is 2.77 bits per heavy atom. The maximum atomic E-state index is 9.75. The summed E-state index contributed by atoms with van der Waals surface area (Å²) >= 11 is 0. The van der Waals surface area contributed by atoms with Gasteiger partial charge in [-0.25, -0.2) is 5.43 Å². The molecule has 26 heavy (non-hydrogen) atoms. The van der Waals surface area contributed by atoms with Crippen molar-refractivity contribution in [2.75, 3.05) is 5.43 Å². The molecule has 130 valence electrons. The molecule has 0 aliphatic carbocycles. The van der Waals surface area contributed by atoms with E-state index < -0.39 is 17.2 Å². The third kappa shape index (κ3) is 2.51. The second-order valence-electron chi connectivity index (χ2n) is 5.70. The lowest BCUT2D eigenvalue weighted by molar-refractivity contribution is 0.367. The predicted octanol–water partition coefficient (Wildman–Crippen LogP) is 2.38. The summed E-state index contributed by atoms with van der Waals surface area (Å²) in [5.41, 5.74) is 6.10. The van der Waals surface area contributed by atoms with Gasteiger partial charge in [-0.3, -0.25) is 0 Å². The van der Waals surface area contributed by atoms with Gasteiger partial charge in [0.15, 0.2) is 17.1 Å². The number of phenols is 3. The van der Waals surface area contributed by atoms with Crippen molar-refractivity contribution >= 4 is 34.2 Å². The molecule has 0 saturated carbocycles. The molecule has 0 amide bonds. The fraction of sp³-hybridized carbons (Fsp3) is 0.0588. The maximum Gasteiger partial charge on any atom is 0.265 e. The first-order valence-corrected chi connectivity index (χ1v) is 7.69. The quantitative estimate of drug-likeness (QED) is 0.217. The molecule has 9 nitrogen and oxygen atoms in total. The Kier molecular flexibility index (Phi) is 3.54. The average molecular weight is 350 g/mol. The van der Waals surface area contributed by atoms with Gasteiger partial charge in [0.1, 0.15) is 5.52 Å². The number of hydrazone groups is 1. The summed E-state index contributed by atoms with van der Waals surface area (Å²) in [4.78, 5) is 7.54. The molecule has 0 atom stereocenters. The first-order valence-electron chi connectivity index (χ1n) is 7.69. The largest absolute Gasteiger partial charge is 0.504 e. The number of aromatic nitrogens is 4. The number of hydrogen-bond acceptors (Lipinski definition) is 8. The summed E-state index contributed by atoms with van der Waals surface area (Å²) < 4.78 is 0. The van der Waals surface area contributed by atoms with Crippen LogP contribution in [0.15, 0.2) is 35.4 Å². The Balaban J connectivity index is 1.63. The number of H-pyrrole nitrogens is 1. The molecule has 4 aromatic rings. The third-order valence-electron chi connectivity index (χ3n) is 3.99. The number of benzene rings is 2. The standard InChI is InChI=1S/C17H14N6O3/c1-8-3-2-4-10-12(8)19-16-13(10)21-23-17(20-16)22-18-7-9-5-6-11(24)15(26)14(9)25/h2-7,24-26H,1H3,(H2,19,20,22,23)/b18-7-. The Morgan fingerprint density at radius 1 is 1.08 bits per heavy atom. The minimum Gasteiger partial charge on any atom is -0.504 e. The van der Waals surface area contributed by atoms with E-state index in [0.29, 0.717) is 11.2 Å². The number of phenolic OH excluding ortho intramolecular Hbond substituents is 3. The lowest BCUT2D eigenvalue weighted by Crippen LogP contribution is -1.99. The molecule has 0 unspecified atom stereocenters. The van der Waals surface area contributed by atoms with Crippen LogP contribution in [0, 0.1) is 6.92 Å². The van der Waals surface area contributed by atoms with E-state index in [1.807, 2.05) is 25.1 Å². The molecule has 4 rings (SSSR count). The number of aromatic amines is 1. The molecule has 5 N–H and O–H groups in total. The minimum atomic E-state index is -0.610. The first-order chi connectivity index (χ1) is 12.5. The molecule has 2 heterocycles. The van der Waals surface area contributed by atoms with Gasteiger partial charge in [-0.05, 0) is 24.6 Å². The third-order valence-corrected chi connectivity index (χ3v) is 3.99. The summed E-state index contributed by atoms with van der Waals surface area (Å²) in [7, 11) is 0. The van der Waals surface area contributed by atoms with Gasteiger partial charge in [0.05, 0.1) is 11.7 Å². The number of nitrogens with one attached hydrogen (secondary N) is 2. The van der Waals surface area contributed by atoms with Gasteiger partial charge in [-0.2, -0.15) is 10.1 Å². The molecule has 2 aromatic carbocycles. The van der Waals surface area contributed by atoms with Crippen molar-refractivity contribution in [2.24, 2.45) is 5.10 Å². The lowest BCUT2D eigenvalue weighted by Gasteiger charge is -2.03. The van der Waals surface area contributed by atoms with Gasteiger partial charge in [-0.15, -0.1) is 10.2 Å². The van der Waals surface area contributed by atoms with Crippen LogP contribution in [0.1, 0.15) is 11.1 Å². The van der Waals surface area contributed by atoms with Crippen LogP contribution in [0.5, 0.6) is 17.2 Å². The van der Waals surface area contributed by atoms with Crippen LogP contribution in [-0.2, 0) is 0 Å². The van der Waals surface area contributed by atoms with E-state index in [1.165, 1.54) is 18.3 Å². The van der Waals surface area contributed by atoms with Crippen molar-refractivity contribution in [2.45, 2.75) is 6.92 Å². The van der Waals surface area contributed by atoms with Crippen LogP contribution >= 0.6 is 0 Å². The topological polar surface area (TPSA) is 140 Å². The monoisotopic (exact) mass is 350 g/mol. The van der Waals surface area contributed by atoms with Gasteiger partial charge in [0.25, 0.3) is 5.95 Å². The number of hydrogen-bond donors (Lipinski definition) is 5. The van der Waals surface area contributed by atoms with Crippen molar-refractivity contribution < 1.29 is 15.3 Å². The predicted molar refractivity (Wildman–Crippen MR) is 96.6 cm³/mol. The molecule has 2 aromatic heterocycles. The van der Waals surface area contributed by atoms with Crippen molar-refractivity contribution in [3.05, 3.63) is 41.5 Å². The molecule has 0 aliphatic heterocycles. The number of para-hydroxylation sites is 1. The van der Waals surface area contributed by atoms with E-state index in [4.69, 9.17) is 0 Å². The van der Waals surface area contributed by atoms with Gasteiger partial charge in [0.2, 0.25) is 5.75 Å². The second kappa shape index (κ2) is 5.88. The van der Waals surface area contributed by atoms with Crippen LogP contribution in [0.2, 0.25) is 0 Å².